The Morgan fingerprint density at radius 3 is 2.24 bits per heavy atom. The third-order valence-corrected chi connectivity index (χ3v) is 7.68. The number of hydrogen-bond acceptors (Lipinski definition) is 2. The van der Waals surface area contributed by atoms with E-state index in [1.165, 1.54) is 64.0 Å². The summed E-state index contributed by atoms with van der Waals surface area (Å²) in [5, 5.41) is 3.47. The smallest absolute Gasteiger partial charge is 0.226 e. The number of carbonyl (C=O) groups excluding carboxylic acids is 1. The molecule has 162 valence electrons. The van der Waals surface area contributed by atoms with Crippen LogP contribution < -0.4 is 11.1 Å². The fourth-order valence-corrected chi connectivity index (χ4v) is 7.10. The summed E-state index contributed by atoms with van der Waals surface area (Å²) in [4.78, 5) is 13.4. The Bertz CT molecular complexity index is 679. The molecule has 3 nitrogen and oxygen atoms in total. The van der Waals surface area contributed by atoms with Crippen LogP contribution in [0.4, 0.5) is 0 Å². The van der Waals surface area contributed by atoms with Crippen LogP contribution in [0, 0.1) is 16.7 Å². The maximum absolute atomic E-state index is 13.4. The SMILES string of the molecule is CC1(C)CC2CC(C)(C(=O)NC3CCCCC3)CC(c3ccccc3)(C2)C1.CN. The lowest BCUT2D eigenvalue weighted by Gasteiger charge is -2.57. The maximum Gasteiger partial charge on any atom is 0.226 e. The molecule has 0 aliphatic heterocycles. The molecular formula is C26H42N2O. The molecule has 3 N–H and O–H groups in total. The van der Waals surface area contributed by atoms with Gasteiger partial charge in [-0.15, -0.1) is 0 Å². The van der Waals surface area contributed by atoms with E-state index in [1.807, 2.05) is 0 Å². The number of rotatable bonds is 3. The van der Waals surface area contributed by atoms with Gasteiger partial charge in [0.05, 0.1) is 0 Å². The molecule has 0 aromatic heterocycles. The quantitative estimate of drug-likeness (QED) is 0.699. The van der Waals surface area contributed by atoms with Crippen molar-refractivity contribution in [2.75, 3.05) is 7.05 Å². The average molecular weight is 399 g/mol. The van der Waals surface area contributed by atoms with Crippen molar-refractivity contribution >= 4 is 5.91 Å². The molecule has 3 unspecified atom stereocenters. The summed E-state index contributed by atoms with van der Waals surface area (Å²) in [6, 6.07) is 11.5. The largest absolute Gasteiger partial charge is 0.353 e. The Labute approximate surface area is 178 Å². The van der Waals surface area contributed by atoms with E-state index >= 15 is 0 Å². The van der Waals surface area contributed by atoms with Crippen LogP contribution in [-0.2, 0) is 10.2 Å². The Morgan fingerprint density at radius 1 is 0.931 bits per heavy atom. The van der Waals surface area contributed by atoms with Gasteiger partial charge in [0, 0.05) is 11.5 Å². The second-order valence-electron chi connectivity index (χ2n) is 11.0. The molecule has 2 bridgehead atoms. The number of fused-ring (bicyclic) bond motifs is 2. The first kappa shape index (κ1) is 22.3. The van der Waals surface area contributed by atoms with Gasteiger partial charge in [-0.05, 0) is 74.3 Å². The van der Waals surface area contributed by atoms with E-state index in [-0.39, 0.29) is 10.8 Å². The number of hydrogen-bond donors (Lipinski definition) is 2. The third kappa shape index (κ3) is 4.87. The van der Waals surface area contributed by atoms with Gasteiger partial charge >= 0.3 is 0 Å². The summed E-state index contributed by atoms with van der Waals surface area (Å²) < 4.78 is 0. The maximum atomic E-state index is 13.4. The highest BCUT2D eigenvalue weighted by Gasteiger charge is 2.55. The summed E-state index contributed by atoms with van der Waals surface area (Å²) in [6.07, 6.45) is 12.0. The van der Waals surface area contributed by atoms with Crippen LogP contribution in [0.2, 0.25) is 0 Å². The van der Waals surface area contributed by atoms with Crippen molar-refractivity contribution in [3.8, 4) is 0 Å². The normalized spacial score (nSPS) is 33.9. The van der Waals surface area contributed by atoms with Crippen LogP contribution in [0.5, 0.6) is 0 Å². The van der Waals surface area contributed by atoms with Crippen LogP contribution in [0.15, 0.2) is 30.3 Å². The fourth-order valence-electron chi connectivity index (χ4n) is 7.10. The molecule has 1 amide bonds. The highest BCUT2D eigenvalue weighted by Crippen LogP contribution is 2.61. The van der Waals surface area contributed by atoms with Gasteiger partial charge in [-0.25, -0.2) is 0 Å². The zero-order chi connectivity index (χ0) is 21.1. The van der Waals surface area contributed by atoms with Crippen molar-refractivity contribution in [3.05, 3.63) is 35.9 Å². The summed E-state index contributed by atoms with van der Waals surface area (Å²) in [7, 11) is 1.50. The summed E-state index contributed by atoms with van der Waals surface area (Å²) in [5.74, 6) is 0.990. The minimum atomic E-state index is -0.229. The number of nitrogens with two attached hydrogens (primary N) is 1. The lowest BCUT2D eigenvalue weighted by atomic mass is 9.47. The molecule has 0 spiro atoms. The summed E-state index contributed by atoms with van der Waals surface area (Å²) in [5.41, 5.74) is 6.25. The zero-order valence-corrected chi connectivity index (χ0v) is 19.1. The molecular weight excluding hydrogens is 356 g/mol. The Morgan fingerprint density at radius 2 is 1.59 bits per heavy atom. The second kappa shape index (κ2) is 8.79. The molecule has 3 aliphatic rings. The number of amides is 1. The van der Waals surface area contributed by atoms with Gasteiger partial charge in [-0.3, -0.25) is 4.79 Å². The molecule has 3 fully saturated rings. The van der Waals surface area contributed by atoms with Gasteiger partial charge < -0.3 is 11.1 Å². The lowest BCUT2D eigenvalue weighted by molar-refractivity contribution is -0.138. The van der Waals surface area contributed by atoms with Gasteiger partial charge in [0.1, 0.15) is 0 Å². The molecule has 3 aliphatic carbocycles. The van der Waals surface area contributed by atoms with E-state index in [9.17, 15) is 4.79 Å². The van der Waals surface area contributed by atoms with Crippen LogP contribution in [0.25, 0.3) is 0 Å². The van der Waals surface area contributed by atoms with Crippen molar-refractivity contribution < 1.29 is 4.79 Å². The average Bonchev–Trinajstić information content (AvgIpc) is 2.69. The van der Waals surface area contributed by atoms with Gasteiger partial charge in [-0.1, -0.05) is 70.4 Å². The molecule has 3 atom stereocenters. The standard InChI is InChI=1S/C25H37NO.CH5N/c1-23(2)14-19-15-24(3,22(27)26-21-12-8-5-9-13-21)18-25(16-19,17-23)20-10-6-4-7-11-20;1-2/h4,6-7,10-11,19,21H,5,8-9,12-18H2,1-3H3,(H,26,27);2H2,1H3. The Balaban J connectivity index is 0.00000117. The third-order valence-electron chi connectivity index (χ3n) is 7.68. The minimum Gasteiger partial charge on any atom is -0.353 e. The van der Waals surface area contributed by atoms with E-state index in [1.54, 1.807) is 0 Å². The monoisotopic (exact) mass is 398 g/mol. The van der Waals surface area contributed by atoms with Gasteiger partial charge in [-0.2, -0.15) is 0 Å². The first-order valence-electron chi connectivity index (χ1n) is 11.7. The number of benzene rings is 1. The van der Waals surface area contributed by atoms with E-state index in [0.717, 1.165) is 12.8 Å². The summed E-state index contributed by atoms with van der Waals surface area (Å²) in [6.45, 7) is 7.12. The van der Waals surface area contributed by atoms with E-state index < -0.39 is 0 Å². The number of nitrogens with one attached hydrogen (secondary N) is 1. The molecule has 3 heteroatoms. The molecule has 0 radical (unpaired) electrons. The molecule has 1 aromatic rings. The van der Waals surface area contributed by atoms with Gasteiger partial charge in [0.2, 0.25) is 5.91 Å². The highest BCUT2D eigenvalue weighted by molar-refractivity contribution is 5.83. The number of carbonyl (C=O) groups is 1. The van der Waals surface area contributed by atoms with Crippen molar-refractivity contribution in [1.82, 2.24) is 5.32 Å². The van der Waals surface area contributed by atoms with E-state index in [0.29, 0.717) is 23.3 Å². The van der Waals surface area contributed by atoms with Gasteiger partial charge in [0.25, 0.3) is 0 Å². The van der Waals surface area contributed by atoms with Crippen LogP contribution in [-0.4, -0.2) is 19.0 Å². The first-order valence-corrected chi connectivity index (χ1v) is 11.7. The molecule has 0 saturated heterocycles. The lowest BCUT2D eigenvalue weighted by Crippen LogP contribution is -2.55. The molecule has 1 aromatic carbocycles. The van der Waals surface area contributed by atoms with Crippen LogP contribution in [0.1, 0.15) is 90.5 Å². The molecule has 3 saturated carbocycles. The zero-order valence-electron chi connectivity index (χ0n) is 19.1. The van der Waals surface area contributed by atoms with Crippen molar-refractivity contribution in [2.24, 2.45) is 22.5 Å². The predicted octanol–water partition coefficient (Wildman–Crippen LogP) is 5.57. The first-order chi connectivity index (χ1) is 13.8. The molecule has 29 heavy (non-hydrogen) atoms. The van der Waals surface area contributed by atoms with Crippen LogP contribution in [0.3, 0.4) is 0 Å². The fraction of sp³-hybridized carbons (Fsp3) is 0.731. The van der Waals surface area contributed by atoms with Crippen molar-refractivity contribution in [1.29, 1.82) is 0 Å². The Hall–Kier alpha value is -1.35. The van der Waals surface area contributed by atoms with Crippen LogP contribution >= 0.6 is 0 Å². The van der Waals surface area contributed by atoms with Crippen molar-refractivity contribution in [2.45, 2.75) is 96.4 Å². The Kier molecular flexibility index (Phi) is 6.77. The van der Waals surface area contributed by atoms with Crippen molar-refractivity contribution in [3.63, 3.8) is 0 Å². The second-order valence-corrected chi connectivity index (χ2v) is 11.0. The molecule has 0 heterocycles. The topological polar surface area (TPSA) is 55.1 Å². The minimum absolute atomic E-state index is 0.157. The predicted molar refractivity (Wildman–Crippen MR) is 122 cm³/mol. The van der Waals surface area contributed by atoms with E-state index in [4.69, 9.17) is 0 Å². The summed E-state index contributed by atoms with van der Waals surface area (Å²) >= 11 is 0. The molecule has 4 rings (SSSR count). The highest BCUT2D eigenvalue weighted by atomic mass is 16.2. The van der Waals surface area contributed by atoms with E-state index in [2.05, 4.69) is 62.2 Å². The van der Waals surface area contributed by atoms with Gasteiger partial charge in [0.15, 0.2) is 0 Å².